The van der Waals surface area contributed by atoms with Crippen LogP contribution >= 0.6 is 0 Å². The Morgan fingerprint density at radius 3 is 2.36 bits per heavy atom. The first-order chi connectivity index (χ1) is 25.1. The predicted octanol–water partition coefficient (Wildman–Crippen LogP) is 2.38. The molecule has 2 aliphatic heterocycles. The molecule has 0 unspecified atom stereocenters. The average Bonchev–Trinajstić information content (AvgIpc) is 4.05. The van der Waals surface area contributed by atoms with E-state index in [-0.39, 0.29) is 78.4 Å². The lowest BCUT2D eigenvalue weighted by molar-refractivity contribution is -0.191. The molecule has 2 N–H and O–H groups in total. The van der Waals surface area contributed by atoms with Crippen molar-refractivity contribution < 1.29 is 62.7 Å². The lowest BCUT2D eigenvalue weighted by Crippen LogP contribution is -2.67. The molecule has 1 spiro atoms. The fourth-order valence-electron chi connectivity index (χ4n) is 12.7. The number of rotatable bonds is 1. The summed E-state index contributed by atoms with van der Waals surface area (Å²) in [5.41, 5.74) is -1.89. The van der Waals surface area contributed by atoms with Gasteiger partial charge in [-0.05, 0) is 85.8 Å². The van der Waals surface area contributed by atoms with E-state index >= 15 is 0 Å². The van der Waals surface area contributed by atoms with Gasteiger partial charge in [-0.2, -0.15) is 0 Å². The van der Waals surface area contributed by atoms with Crippen molar-refractivity contribution in [2.45, 2.75) is 83.5 Å². The molecular formula is C40H44O13. The number of Topliss-reactive ketones (excluding diaryl/α,β-unsaturated/α-hetero) is 1. The number of ether oxygens (including phenoxy) is 5. The van der Waals surface area contributed by atoms with E-state index in [0.29, 0.717) is 18.4 Å². The van der Waals surface area contributed by atoms with E-state index in [0.717, 1.165) is 17.6 Å². The first-order valence-corrected chi connectivity index (χ1v) is 18.6. The summed E-state index contributed by atoms with van der Waals surface area (Å²) in [7, 11) is 1.22. The number of fused-ring (bicyclic) bond motifs is 7. The van der Waals surface area contributed by atoms with Gasteiger partial charge in [0, 0.05) is 34.0 Å². The number of allylic oxidation sites excluding steroid dienone is 1. The number of hydrogen-bond donors (Lipinski definition) is 2. The lowest BCUT2D eigenvalue weighted by Gasteiger charge is -2.63. The predicted molar refractivity (Wildman–Crippen MR) is 179 cm³/mol. The molecule has 5 fully saturated rings. The molecule has 2 bridgehead atoms. The van der Waals surface area contributed by atoms with Crippen molar-refractivity contribution in [2.24, 2.45) is 52.3 Å². The fraction of sp³-hybridized carbons (Fsp3) is 0.650. The number of carbonyl (C=O) groups excluding carboxylic acids is 6. The van der Waals surface area contributed by atoms with Gasteiger partial charge in [0.1, 0.15) is 37.1 Å². The highest BCUT2D eigenvalue weighted by Gasteiger charge is 2.84. The van der Waals surface area contributed by atoms with Crippen molar-refractivity contribution in [1.82, 2.24) is 0 Å². The number of ketones is 1. The first kappa shape index (κ1) is 34.7. The van der Waals surface area contributed by atoms with Gasteiger partial charge < -0.3 is 33.9 Å². The number of hydrogen-bond acceptors (Lipinski definition) is 13. The smallest absolute Gasteiger partial charge is 0.338 e. The maximum atomic E-state index is 14.6. The number of cyclic esters (lactones) is 3. The van der Waals surface area contributed by atoms with Gasteiger partial charge in [0.25, 0.3) is 0 Å². The summed E-state index contributed by atoms with van der Waals surface area (Å²) < 4.78 is 28.4. The van der Waals surface area contributed by atoms with E-state index in [1.54, 1.807) is 0 Å². The normalized spacial score (nSPS) is 47.3. The van der Waals surface area contributed by atoms with Gasteiger partial charge in [-0.1, -0.05) is 19.4 Å². The number of esters is 5. The molecule has 0 aromatic rings. The second-order valence-electron chi connectivity index (χ2n) is 17.2. The third kappa shape index (κ3) is 4.21. The molecule has 53 heavy (non-hydrogen) atoms. The Labute approximate surface area is 305 Å². The molecule has 0 aromatic heterocycles. The Bertz CT molecular complexity index is 1970. The number of aliphatic hydroxyl groups is 2. The summed E-state index contributed by atoms with van der Waals surface area (Å²) in [6, 6.07) is 0. The maximum Gasteiger partial charge on any atom is 0.338 e. The second-order valence-corrected chi connectivity index (χ2v) is 17.2. The van der Waals surface area contributed by atoms with E-state index in [2.05, 4.69) is 6.92 Å². The van der Waals surface area contributed by atoms with E-state index in [1.807, 2.05) is 6.92 Å². The molecule has 13 nitrogen and oxygen atoms in total. The van der Waals surface area contributed by atoms with Crippen LogP contribution in [-0.4, -0.2) is 90.1 Å². The van der Waals surface area contributed by atoms with Crippen LogP contribution in [0.4, 0.5) is 0 Å². The Morgan fingerprint density at radius 1 is 0.925 bits per heavy atom. The topological polar surface area (TPSA) is 189 Å². The van der Waals surface area contributed by atoms with Crippen LogP contribution < -0.4 is 0 Å². The minimum Gasteiger partial charge on any atom is -0.466 e. The molecule has 2 heterocycles. The van der Waals surface area contributed by atoms with Crippen LogP contribution in [0.2, 0.25) is 0 Å². The molecule has 7 aliphatic carbocycles. The van der Waals surface area contributed by atoms with E-state index in [1.165, 1.54) is 27.0 Å². The van der Waals surface area contributed by atoms with Crippen LogP contribution in [0.1, 0.15) is 66.2 Å². The maximum absolute atomic E-state index is 14.6. The molecule has 0 amide bonds. The largest absolute Gasteiger partial charge is 0.466 e. The van der Waals surface area contributed by atoms with Gasteiger partial charge in [-0.3, -0.25) is 14.4 Å². The molecule has 0 radical (unpaired) electrons. The summed E-state index contributed by atoms with van der Waals surface area (Å²) in [6.07, 6.45) is 1.42. The van der Waals surface area contributed by atoms with Crippen LogP contribution in [0.3, 0.4) is 0 Å². The van der Waals surface area contributed by atoms with Crippen LogP contribution in [0.15, 0.2) is 45.1 Å². The Hall–Kier alpha value is -4.10. The second kappa shape index (κ2) is 11.0. The van der Waals surface area contributed by atoms with Gasteiger partial charge in [0.2, 0.25) is 0 Å². The van der Waals surface area contributed by atoms with Crippen molar-refractivity contribution in [1.29, 1.82) is 0 Å². The molecule has 13 heteroatoms. The summed E-state index contributed by atoms with van der Waals surface area (Å²) in [5, 5.41) is 24.6. The van der Waals surface area contributed by atoms with Crippen molar-refractivity contribution in [3.63, 3.8) is 0 Å². The van der Waals surface area contributed by atoms with E-state index < -0.39 is 88.1 Å². The minimum absolute atomic E-state index is 0.00160. The van der Waals surface area contributed by atoms with Crippen LogP contribution in [0, 0.1) is 52.3 Å². The number of methoxy groups -OCH3 is 1. The summed E-state index contributed by atoms with van der Waals surface area (Å²) in [5.74, 6) is -6.28. The highest BCUT2D eigenvalue weighted by atomic mass is 16.6. The molecular weight excluding hydrogens is 688 g/mol. The number of carbonyl (C=O) groups is 6. The summed E-state index contributed by atoms with van der Waals surface area (Å²) >= 11 is 0. The summed E-state index contributed by atoms with van der Waals surface area (Å²) in [6.45, 7) is 6.06. The van der Waals surface area contributed by atoms with Crippen LogP contribution in [0.25, 0.3) is 0 Å². The third-order valence-corrected chi connectivity index (χ3v) is 15.2. The highest BCUT2D eigenvalue weighted by molar-refractivity contribution is 6.09. The SMILES string of the molecule is COC(=O)C(C)=C1C(=O)[C@H](O)[C@]2(C)C3=C(C[C@@H]4[C@]5(OC(=O)C6=C5C[C@H]5[C@](O)(COC(=O)/C(C)=C\COC(=O)CCC(=O)OC6)[C@H]6C[C@H]6[C@]45C)[C@@H]13)[C@H]1C[C@H]12. The van der Waals surface area contributed by atoms with Gasteiger partial charge in [0.05, 0.1) is 31.4 Å². The Kier molecular flexibility index (Phi) is 7.19. The molecule has 9 aliphatic rings. The zero-order valence-electron chi connectivity index (χ0n) is 30.4. The molecule has 0 aromatic carbocycles. The van der Waals surface area contributed by atoms with Gasteiger partial charge in [0.15, 0.2) is 5.78 Å². The average molecular weight is 733 g/mol. The summed E-state index contributed by atoms with van der Waals surface area (Å²) in [4.78, 5) is 80.8. The minimum atomic E-state index is -1.51. The van der Waals surface area contributed by atoms with Gasteiger partial charge >= 0.3 is 29.8 Å². The van der Waals surface area contributed by atoms with Crippen LogP contribution in [0.5, 0.6) is 0 Å². The molecule has 12 atom stereocenters. The van der Waals surface area contributed by atoms with Crippen LogP contribution in [-0.2, 0) is 52.5 Å². The van der Waals surface area contributed by atoms with E-state index in [4.69, 9.17) is 23.7 Å². The monoisotopic (exact) mass is 732 g/mol. The number of aliphatic hydroxyl groups excluding tert-OH is 1. The fourth-order valence-corrected chi connectivity index (χ4v) is 12.7. The van der Waals surface area contributed by atoms with Crippen molar-refractivity contribution in [3.8, 4) is 0 Å². The van der Waals surface area contributed by atoms with Gasteiger partial charge in [-0.15, -0.1) is 0 Å². The zero-order valence-corrected chi connectivity index (χ0v) is 30.4. The van der Waals surface area contributed by atoms with Gasteiger partial charge in [-0.25, -0.2) is 14.4 Å². The first-order valence-electron chi connectivity index (χ1n) is 18.6. The molecule has 282 valence electrons. The Balaban J connectivity index is 1.27. The molecule has 9 rings (SSSR count). The van der Waals surface area contributed by atoms with E-state index in [9.17, 15) is 39.0 Å². The Morgan fingerprint density at radius 2 is 1.64 bits per heavy atom. The third-order valence-electron chi connectivity index (χ3n) is 15.2. The van der Waals surface area contributed by atoms with Crippen molar-refractivity contribution in [2.75, 3.05) is 26.9 Å². The molecule has 5 saturated carbocycles. The van der Waals surface area contributed by atoms with Crippen molar-refractivity contribution >= 4 is 35.6 Å². The quantitative estimate of drug-likeness (QED) is 0.173. The lowest BCUT2D eigenvalue weighted by atomic mass is 9.42. The highest BCUT2D eigenvalue weighted by Crippen LogP contribution is 2.83. The van der Waals surface area contributed by atoms with Crippen molar-refractivity contribution in [3.05, 3.63) is 45.1 Å². The zero-order chi connectivity index (χ0) is 37.7. The standard InChI is InChI=1S/C40H44O13/c1-16-8-9-50-27(41)6-7-28(42)51-14-20-22-13-25-37(3,23-12-24(23)39(25,48)15-52-34(16)45)26-11-19-18-10-21(18)38(4)30(19)31(40(22,26)53-36(20)47)29(32(43)33(38)44)17(2)35(46)49-5/h8,18,21,23-26,31,33,44,48H,6-7,9-15H2,1-5H3/b16-8-,29-17?/t18-,21-,23-,24+,25-,26+,31+,33+,37+,38+,39+,40+/m1/s1. The molecule has 0 saturated heterocycles.